The number of hydrogen-bond acceptors (Lipinski definition) is 3. The lowest BCUT2D eigenvalue weighted by atomic mass is 10.0. The normalized spacial score (nSPS) is 11.9. The van der Waals surface area contributed by atoms with Crippen molar-refractivity contribution in [1.29, 1.82) is 0 Å². The molecule has 2 aromatic carbocycles. The van der Waals surface area contributed by atoms with Crippen LogP contribution in [0.25, 0.3) is 10.9 Å². The Kier molecular flexibility index (Phi) is 5.22. The van der Waals surface area contributed by atoms with Crippen molar-refractivity contribution in [1.82, 2.24) is 9.71 Å². The Bertz CT molecular complexity index is 1180. The maximum atomic E-state index is 12.5. The van der Waals surface area contributed by atoms with Gasteiger partial charge in [0.15, 0.2) is 0 Å². The van der Waals surface area contributed by atoms with Gasteiger partial charge in [0.1, 0.15) is 0 Å². The van der Waals surface area contributed by atoms with Gasteiger partial charge in [0.05, 0.1) is 4.90 Å². The Balaban J connectivity index is 1.79. The van der Waals surface area contributed by atoms with E-state index in [1.165, 1.54) is 0 Å². The van der Waals surface area contributed by atoms with Gasteiger partial charge in [0.2, 0.25) is 10.0 Å². The lowest BCUT2D eigenvalue weighted by molar-refractivity contribution is 0.581. The van der Waals surface area contributed by atoms with E-state index in [2.05, 4.69) is 15.8 Å². The number of aromatic amines is 1. The molecule has 0 aliphatic carbocycles. The Hall–Kier alpha value is -2.44. The summed E-state index contributed by atoms with van der Waals surface area (Å²) in [6.45, 7) is 7.97. The van der Waals surface area contributed by atoms with E-state index in [1.807, 2.05) is 39.8 Å². The number of aryl methyl sites for hydroxylation is 4. The van der Waals surface area contributed by atoms with Crippen molar-refractivity contribution >= 4 is 20.9 Å². The fourth-order valence-corrected chi connectivity index (χ4v) is 4.30. The van der Waals surface area contributed by atoms with Gasteiger partial charge in [0, 0.05) is 23.0 Å². The van der Waals surface area contributed by atoms with Gasteiger partial charge >= 0.3 is 0 Å². The summed E-state index contributed by atoms with van der Waals surface area (Å²) in [6, 6.07) is 10.9. The van der Waals surface area contributed by atoms with E-state index in [-0.39, 0.29) is 17.0 Å². The SMILES string of the molecule is Cc1cc(C)c2cc(CCNS(=O)(=O)c3ccc(C)c(C)c3)c(=O)[nH]c2c1. The lowest BCUT2D eigenvalue weighted by Gasteiger charge is -2.10. The summed E-state index contributed by atoms with van der Waals surface area (Å²) in [5.41, 5.74) is 5.33. The second kappa shape index (κ2) is 7.29. The standard InChI is InChI=1S/C21H24N2O3S/c1-13-9-16(4)19-12-17(21(24)23-20(19)10-13)7-8-22-27(25,26)18-6-5-14(2)15(3)11-18/h5-6,9-12,22H,7-8H2,1-4H3,(H,23,24). The summed E-state index contributed by atoms with van der Waals surface area (Å²) < 4.78 is 27.5. The van der Waals surface area contributed by atoms with Crippen molar-refractivity contribution in [3.05, 3.63) is 74.6 Å². The number of benzene rings is 2. The lowest BCUT2D eigenvalue weighted by Crippen LogP contribution is -2.27. The molecule has 0 saturated heterocycles. The zero-order chi connectivity index (χ0) is 19.8. The molecule has 5 nitrogen and oxygen atoms in total. The van der Waals surface area contributed by atoms with Crippen LogP contribution < -0.4 is 10.3 Å². The average molecular weight is 385 g/mol. The summed E-state index contributed by atoms with van der Waals surface area (Å²) in [5.74, 6) is 0. The summed E-state index contributed by atoms with van der Waals surface area (Å²) in [4.78, 5) is 15.5. The van der Waals surface area contributed by atoms with Crippen LogP contribution in [0.1, 0.15) is 27.8 Å². The van der Waals surface area contributed by atoms with Gasteiger partial charge in [-0.15, -0.1) is 0 Å². The van der Waals surface area contributed by atoms with Gasteiger partial charge in [-0.25, -0.2) is 13.1 Å². The molecule has 0 fully saturated rings. The largest absolute Gasteiger partial charge is 0.322 e. The molecule has 0 aliphatic heterocycles. The quantitative estimate of drug-likeness (QED) is 0.708. The van der Waals surface area contributed by atoms with Crippen LogP contribution >= 0.6 is 0 Å². The topological polar surface area (TPSA) is 79.0 Å². The predicted octanol–water partition coefficient (Wildman–Crippen LogP) is 3.28. The summed E-state index contributed by atoms with van der Waals surface area (Å²) >= 11 is 0. The zero-order valence-electron chi connectivity index (χ0n) is 16.0. The minimum absolute atomic E-state index is 0.161. The molecule has 0 atom stereocenters. The van der Waals surface area contributed by atoms with Gasteiger partial charge < -0.3 is 4.98 Å². The maximum Gasteiger partial charge on any atom is 0.251 e. The molecule has 0 aliphatic rings. The summed E-state index contributed by atoms with van der Waals surface area (Å²) in [6.07, 6.45) is 0.322. The van der Waals surface area contributed by atoms with Crippen molar-refractivity contribution in [3.63, 3.8) is 0 Å². The van der Waals surface area contributed by atoms with Crippen LogP contribution in [0.2, 0.25) is 0 Å². The van der Waals surface area contributed by atoms with Crippen molar-refractivity contribution in [3.8, 4) is 0 Å². The monoisotopic (exact) mass is 384 g/mol. The van der Waals surface area contributed by atoms with E-state index in [1.54, 1.807) is 18.2 Å². The van der Waals surface area contributed by atoms with Crippen LogP contribution in [-0.4, -0.2) is 19.9 Å². The van der Waals surface area contributed by atoms with E-state index >= 15 is 0 Å². The second-order valence-electron chi connectivity index (χ2n) is 7.06. The highest BCUT2D eigenvalue weighted by Crippen LogP contribution is 2.19. The Morgan fingerprint density at radius 1 is 0.926 bits per heavy atom. The van der Waals surface area contributed by atoms with Crippen LogP contribution in [-0.2, 0) is 16.4 Å². The Morgan fingerprint density at radius 3 is 2.37 bits per heavy atom. The number of rotatable bonds is 5. The number of fused-ring (bicyclic) bond motifs is 1. The molecule has 1 heterocycles. The minimum Gasteiger partial charge on any atom is -0.322 e. The van der Waals surface area contributed by atoms with Crippen LogP contribution in [0, 0.1) is 27.7 Å². The highest BCUT2D eigenvalue weighted by Gasteiger charge is 2.15. The van der Waals surface area contributed by atoms with Crippen molar-refractivity contribution in [2.24, 2.45) is 0 Å². The molecule has 0 unspecified atom stereocenters. The van der Waals surface area contributed by atoms with Crippen molar-refractivity contribution < 1.29 is 8.42 Å². The van der Waals surface area contributed by atoms with Gasteiger partial charge in [-0.1, -0.05) is 12.1 Å². The number of pyridine rings is 1. The van der Waals surface area contributed by atoms with Gasteiger partial charge in [0.25, 0.3) is 5.56 Å². The van der Waals surface area contributed by atoms with Crippen LogP contribution in [0.15, 0.2) is 46.1 Å². The van der Waals surface area contributed by atoms with E-state index in [9.17, 15) is 13.2 Å². The molecule has 0 radical (unpaired) electrons. The smallest absolute Gasteiger partial charge is 0.251 e. The summed E-state index contributed by atoms with van der Waals surface area (Å²) in [7, 11) is -3.60. The number of sulfonamides is 1. The first kappa shape index (κ1) is 19.3. The van der Waals surface area contributed by atoms with Crippen molar-refractivity contribution in [2.75, 3.05) is 6.54 Å². The first-order chi connectivity index (χ1) is 12.7. The third-order valence-corrected chi connectivity index (χ3v) is 6.32. The summed E-state index contributed by atoms with van der Waals surface area (Å²) in [5, 5.41) is 0.979. The van der Waals surface area contributed by atoms with Crippen LogP contribution in [0.4, 0.5) is 0 Å². The molecular formula is C21H24N2O3S. The molecule has 1 aromatic heterocycles. The molecule has 0 spiro atoms. The number of aromatic nitrogens is 1. The molecular weight excluding hydrogens is 360 g/mol. The second-order valence-corrected chi connectivity index (χ2v) is 8.83. The molecule has 3 aromatic rings. The van der Waals surface area contributed by atoms with E-state index in [4.69, 9.17) is 0 Å². The fraction of sp³-hybridized carbons (Fsp3) is 0.286. The highest BCUT2D eigenvalue weighted by atomic mass is 32.2. The van der Waals surface area contributed by atoms with E-state index in [0.29, 0.717) is 12.0 Å². The molecule has 0 amide bonds. The first-order valence-electron chi connectivity index (χ1n) is 8.87. The van der Waals surface area contributed by atoms with E-state index in [0.717, 1.165) is 33.2 Å². The number of H-pyrrole nitrogens is 1. The fourth-order valence-electron chi connectivity index (χ4n) is 3.19. The average Bonchev–Trinajstić information content (AvgIpc) is 2.58. The Labute approximate surface area is 159 Å². The Morgan fingerprint density at radius 2 is 1.67 bits per heavy atom. The van der Waals surface area contributed by atoms with E-state index < -0.39 is 10.0 Å². The third kappa shape index (κ3) is 4.12. The molecule has 0 bridgehead atoms. The first-order valence-corrected chi connectivity index (χ1v) is 10.4. The maximum absolute atomic E-state index is 12.5. The molecule has 0 saturated carbocycles. The zero-order valence-corrected chi connectivity index (χ0v) is 16.8. The molecule has 3 rings (SSSR count). The minimum atomic E-state index is -3.60. The predicted molar refractivity (Wildman–Crippen MR) is 109 cm³/mol. The highest BCUT2D eigenvalue weighted by molar-refractivity contribution is 7.89. The van der Waals surface area contributed by atoms with Gasteiger partial charge in [-0.2, -0.15) is 0 Å². The van der Waals surface area contributed by atoms with Gasteiger partial charge in [-0.3, -0.25) is 4.79 Å². The molecule has 27 heavy (non-hydrogen) atoms. The van der Waals surface area contributed by atoms with Gasteiger partial charge in [-0.05, 0) is 80.6 Å². The molecule has 2 N–H and O–H groups in total. The third-order valence-electron chi connectivity index (χ3n) is 4.86. The van der Waals surface area contributed by atoms with Crippen molar-refractivity contribution in [2.45, 2.75) is 39.0 Å². The molecule has 6 heteroatoms. The van der Waals surface area contributed by atoms with Crippen LogP contribution in [0.5, 0.6) is 0 Å². The van der Waals surface area contributed by atoms with Crippen LogP contribution in [0.3, 0.4) is 0 Å². The molecule has 142 valence electrons. The number of nitrogens with one attached hydrogen (secondary N) is 2. The number of hydrogen-bond donors (Lipinski definition) is 2.